The lowest BCUT2D eigenvalue weighted by atomic mass is 9.98. The second-order valence-corrected chi connectivity index (χ2v) is 12.5. The molecule has 1 atom stereocenters. The van der Waals surface area contributed by atoms with Crippen molar-refractivity contribution >= 4 is 24.9 Å². The number of ether oxygens (including phenoxy) is 2. The lowest BCUT2D eigenvalue weighted by Crippen LogP contribution is -2.26. The van der Waals surface area contributed by atoms with Crippen molar-refractivity contribution in [2.45, 2.75) is 32.9 Å². The summed E-state index contributed by atoms with van der Waals surface area (Å²) < 4.78 is 34.3. The smallest absolute Gasteiger partial charge is 0.307 e. The molecule has 0 aliphatic carbocycles. The van der Waals surface area contributed by atoms with Gasteiger partial charge >= 0.3 is 5.97 Å². The summed E-state index contributed by atoms with van der Waals surface area (Å²) in [6.45, 7) is 6.71. The van der Waals surface area contributed by atoms with E-state index in [0.29, 0.717) is 18.1 Å². The maximum Gasteiger partial charge on any atom is 0.307 e. The molecule has 0 N–H and O–H groups in total. The molecule has 0 fully saturated rings. The monoisotopic (exact) mass is 517 g/mol. The highest BCUT2D eigenvalue weighted by molar-refractivity contribution is 7.57. The molecule has 1 aliphatic rings. The van der Waals surface area contributed by atoms with Crippen molar-refractivity contribution < 1.29 is 23.4 Å². The minimum atomic E-state index is -3.50. The van der Waals surface area contributed by atoms with E-state index in [0.717, 1.165) is 22.5 Å². The second-order valence-electron chi connectivity index (χ2n) is 9.93. The molecular weight excluding hydrogens is 477 g/mol. The fraction of sp³-hybridized carbons (Fsp3) is 0.519. The first-order chi connectivity index (χ1) is 17.0. The highest BCUT2D eigenvalue weighted by Crippen LogP contribution is 2.68. The number of benzene rings is 2. The van der Waals surface area contributed by atoms with Gasteiger partial charge in [-0.3, -0.25) is 9.36 Å². The summed E-state index contributed by atoms with van der Waals surface area (Å²) in [5.74, 6) is 1.26. The van der Waals surface area contributed by atoms with Crippen LogP contribution in [0.4, 0.5) is 11.4 Å². The largest absolute Gasteiger partial charge is 0.465 e. The fourth-order valence-electron chi connectivity index (χ4n) is 4.15. The lowest BCUT2D eigenvalue weighted by molar-refractivity contribution is -0.144. The molecule has 0 amide bonds. The van der Waals surface area contributed by atoms with Gasteiger partial charge in [-0.1, -0.05) is 26.0 Å². The van der Waals surface area contributed by atoms with Crippen LogP contribution in [0.5, 0.6) is 11.5 Å². The summed E-state index contributed by atoms with van der Waals surface area (Å²) in [6.07, 6.45) is 0.127. The van der Waals surface area contributed by atoms with E-state index in [4.69, 9.17) is 14.0 Å². The molecular formula is C27H40N3O5P. The molecule has 36 heavy (non-hydrogen) atoms. The summed E-state index contributed by atoms with van der Waals surface area (Å²) in [7, 11) is 6.13. The van der Waals surface area contributed by atoms with Gasteiger partial charge in [0.25, 0.3) is 7.52 Å². The highest BCUT2D eigenvalue weighted by Gasteiger charge is 2.45. The summed E-state index contributed by atoms with van der Waals surface area (Å²) >= 11 is 0. The second kappa shape index (κ2) is 11.7. The SMILES string of the molecule is CCOP(=O)(C1c2ccc(N(C)C)cc2Oc2cc(N(C)C)ccc21)N(C)CCC(=O)OCC(C)C. The molecule has 0 aromatic heterocycles. The molecule has 2 aromatic carbocycles. The van der Waals surface area contributed by atoms with E-state index in [1.165, 1.54) is 0 Å². The summed E-state index contributed by atoms with van der Waals surface area (Å²) in [4.78, 5) is 16.3. The number of nitrogens with zero attached hydrogens (tertiary/aromatic N) is 3. The van der Waals surface area contributed by atoms with E-state index in [1.807, 2.05) is 95.2 Å². The van der Waals surface area contributed by atoms with E-state index in [-0.39, 0.29) is 31.5 Å². The number of esters is 1. The Hall–Kier alpha value is -2.54. The van der Waals surface area contributed by atoms with Crippen molar-refractivity contribution in [1.82, 2.24) is 4.67 Å². The van der Waals surface area contributed by atoms with Crippen molar-refractivity contribution in [2.75, 3.05) is 64.8 Å². The molecule has 1 heterocycles. The number of fused-ring (bicyclic) bond motifs is 2. The number of hydrogen-bond acceptors (Lipinski definition) is 7. The Morgan fingerprint density at radius 3 is 1.94 bits per heavy atom. The van der Waals surface area contributed by atoms with Gasteiger partial charge in [-0.25, -0.2) is 4.67 Å². The van der Waals surface area contributed by atoms with Crippen molar-refractivity contribution in [3.63, 3.8) is 0 Å². The van der Waals surface area contributed by atoms with Crippen LogP contribution in [0.1, 0.15) is 44.0 Å². The van der Waals surface area contributed by atoms with Crippen LogP contribution in [-0.4, -0.2) is 65.6 Å². The van der Waals surface area contributed by atoms with Crippen molar-refractivity contribution in [2.24, 2.45) is 5.92 Å². The molecule has 3 rings (SSSR count). The Morgan fingerprint density at radius 1 is 0.972 bits per heavy atom. The first kappa shape index (κ1) is 28.0. The number of hydrogen-bond donors (Lipinski definition) is 0. The van der Waals surface area contributed by atoms with E-state index in [2.05, 4.69) is 0 Å². The van der Waals surface area contributed by atoms with Gasteiger partial charge < -0.3 is 23.8 Å². The van der Waals surface area contributed by atoms with E-state index < -0.39 is 13.2 Å². The third-order valence-electron chi connectivity index (χ3n) is 6.17. The van der Waals surface area contributed by atoms with Crippen molar-refractivity contribution in [3.8, 4) is 11.5 Å². The van der Waals surface area contributed by atoms with Crippen LogP contribution in [0.3, 0.4) is 0 Å². The average molecular weight is 518 g/mol. The maximum absolute atomic E-state index is 14.8. The summed E-state index contributed by atoms with van der Waals surface area (Å²) in [6, 6.07) is 11.9. The fourth-order valence-corrected chi connectivity index (χ4v) is 6.77. The zero-order valence-electron chi connectivity index (χ0n) is 22.8. The predicted molar refractivity (Wildman–Crippen MR) is 146 cm³/mol. The van der Waals surface area contributed by atoms with Gasteiger partial charge in [0.15, 0.2) is 0 Å². The molecule has 0 saturated heterocycles. The van der Waals surface area contributed by atoms with Gasteiger partial charge in [-0.2, -0.15) is 0 Å². The predicted octanol–water partition coefficient (Wildman–Crippen LogP) is 5.76. The standard InChI is InChI=1S/C27H40N3O5P/c1-9-34-36(32,30(8)15-14-26(31)33-18-19(2)3)27-22-12-10-20(28(4)5)16-24(22)35-25-17-21(29(6)7)11-13-23(25)27/h10-13,16-17,19,27H,9,14-15,18H2,1-8H3. The Labute approximate surface area is 215 Å². The minimum absolute atomic E-state index is 0.127. The topological polar surface area (TPSA) is 71.5 Å². The van der Waals surface area contributed by atoms with Crippen LogP contribution in [0.15, 0.2) is 36.4 Å². The third-order valence-corrected chi connectivity index (χ3v) is 9.16. The molecule has 1 unspecified atom stereocenters. The Morgan fingerprint density at radius 2 is 1.50 bits per heavy atom. The first-order valence-corrected chi connectivity index (χ1v) is 14.0. The van der Waals surface area contributed by atoms with Crippen LogP contribution in [0.25, 0.3) is 0 Å². The van der Waals surface area contributed by atoms with Gasteiger partial charge in [0.05, 0.1) is 19.6 Å². The van der Waals surface area contributed by atoms with Crippen LogP contribution >= 0.6 is 7.52 Å². The van der Waals surface area contributed by atoms with Crippen LogP contribution in [0, 0.1) is 5.92 Å². The Balaban J connectivity index is 2.05. The molecule has 8 nitrogen and oxygen atoms in total. The van der Waals surface area contributed by atoms with Gasteiger partial charge in [-0.05, 0) is 32.0 Å². The van der Waals surface area contributed by atoms with Crippen LogP contribution in [0.2, 0.25) is 0 Å². The maximum atomic E-state index is 14.8. The van der Waals surface area contributed by atoms with Crippen LogP contribution in [-0.2, 0) is 18.6 Å². The van der Waals surface area contributed by atoms with Crippen LogP contribution < -0.4 is 14.5 Å². The zero-order chi connectivity index (χ0) is 26.6. The molecule has 0 spiro atoms. The summed E-state index contributed by atoms with van der Waals surface area (Å²) in [5, 5.41) is 0. The Kier molecular flexibility index (Phi) is 9.09. The Bertz CT molecular complexity index is 1060. The lowest BCUT2D eigenvalue weighted by Gasteiger charge is -2.38. The van der Waals surface area contributed by atoms with Gasteiger partial charge in [0.1, 0.15) is 17.2 Å². The third kappa shape index (κ3) is 6.05. The van der Waals surface area contributed by atoms with Gasteiger partial charge in [0.2, 0.25) is 0 Å². The van der Waals surface area contributed by atoms with Gasteiger partial charge in [0, 0.05) is 69.4 Å². The number of carbonyl (C=O) groups excluding carboxylic acids is 1. The molecule has 1 aliphatic heterocycles. The van der Waals surface area contributed by atoms with E-state index >= 15 is 0 Å². The molecule has 198 valence electrons. The van der Waals surface area contributed by atoms with Crippen molar-refractivity contribution in [3.05, 3.63) is 47.5 Å². The van der Waals surface area contributed by atoms with Crippen molar-refractivity contribution in [1.29, 1.82) is 0 Å². The minimum Gasteiger partial charge on any atom is -0.465 e. The average Bonchev–Trinajstić information content (AvgIpc) is 2.83. The highest BCUT2D eigenvalue weighted by atomic mass is 31.2. The number of carbonyl (C=O) groups is 1. The normalized spacial score (nSPS) is 14.6. The molecule has 0 bridgehead atoms. The summed E-state index contributed by atoms with van der Waals surface area (Å²) in [5.41, 5.74) is 2.99. The zero-order valence-corrected chi connectivity index (χ0v) is 23.7. The number of rotatable bonds is 11. The molecule has 0 saturated carbocycles. The first-order valence-electron chi connectivity index (χ1n) is 12.4. The molecule has 9 heteroatoms. The number of anilines is 2. The molecule has 0 radical (unpaired) electrons. The van der Waals surface area contributed by atoms with Gasteiger partial charge in [-0.15, -0.1) is 0 Å². The van der Waals surface area contributed by atoms with E-state index in [1.54, 1.807) is 11.7 Å². The molecule has 2 aromatic rings. The quantitative estimate of drug-likeness (QED) is 0.275. The van der Waals surface area contributed by atoms with E-state index in [9.17, 15) is 9.36 Å².